The number of rotatable bonds is 5. The lowest BCUT2D eigenvalue weighted by atomic mass is 10.0. The topological polar surface area (TPSA) is 15.3 Å². The van der Waals surface area contributed by atoms with Gasteiger partial charge in [0.2, 0.25) is 0 Å². The minimum absolute atomic E-state index is 0.680. The van der Waals surface area contributed by atoms with Gasteiger partial charge in [0.15, 0.2) is 0 Å². The average Bonchev–Trinajstić information content (AvgIpc) is 2.46. The Balaban J connectivity index is 1.94. The van der Waals surface area contributed by atoms with Gasteiger partial charge in [0.1, 0.15) is 0 Å². The van der Waals surface area contributed by atoms with Crippen molar-refractivity contribution in [2.45, 2.75) is 52.1 Å². The highest BCUT2D eigenvalue weighted by molar-refractivity contribution is 5.25. The number of piperazine rings is 1. The van der Waals surface area contributed by atoms with Gasteiger partial charge in [-0.25, -0.2) is 0 Å². The fourth-order valence-electron chi connectivity index (χ4n) is 3.03. The van der Waals surface area contributed by atoms with Crippen molar-refractivity contribution >= 4 is 0 Å². The molecule has 0 bridgehead atoms. The van der Waals surface area contributed by atoms with Crippen LogP contribution in [0.2, 0.25) is 0 Å². The maximum atomic E-state index is 3.67. The molecule has 2 heteroatoms. The first kappa shape index (κ1) is 14.5. The van der Waals surface area contributed by atoms with E-state index in [1.165, 1.54) is 43.5 Å². The molecule has 0 spiro atoms. The predicted octanol–water partition coefficient (Wildman–Crippen LogP) is 3.00. The van der Waals surface area contributed by atoms with Gasteiger partial charge in [0.25, 0.3) is 0 Å². The molecule has 0 radical (unpaired) electrons. The largest absolute Gasteiger partial charge is 0.311 e. The van der Waals surface area contributed by atoms with Gasteiger partial charge in [0.05, 0.1) is 0 Å². The van der Waals surface area contributed by atoms with E-state index >= 15 is 0 Å². The van der Waals surface area contributed by atoms with Crippen LogP contribution in [0.15, 0.2) is 24.3 Å². The summed E-state index contributed by atoms with van der Waals surface area (Å²) in [5.41, 5.74) is 2.93. The van der Waals surface area contributed by atoms with E-state index in [1.807, 2.05) is 0 Å². The molecule has 2 unspecified atom stereocenters. The molecule has 1 aliphatic rings. The van der Waals surface area contributed by atoms with E-state index in [4.69, 9.17) is 0 Å². The third kappa shape index (κ3) is 3.80. The molecule has 1 aromatic carbocycles. The van der Waals surface area contributed by atoms with E-state index < -0.39 is 0 Å². The number of hydrogen-bond donors (Lipinski definition) is 1. The van der Waals surface area contributed by atoms with E-state index in [1.54, 1.807) is 0 Å². The van der Waals surface area contributed by atoms with E-state index in [0.29, 0.717) is 12.1 Å². The van der Waals surface area contributed by atoms with Gasteiger partial charge >= 0.3 is 0 Å². The molecule has 2 nitrogen and oxygen atoms in total. The second-order valence-electron chi connectivity index (χ2n) is 5.75. The van der Waals surface area contributed by atoms with Gasteiger partial charge in [0, 0.05) is 31.7 Å². The number of aryl methyl sites for hydroxylation is 1. The van der Waals surface area contributed by atoms with Crippen LogP contribution in [0.25, 0.3) is 0 Å². The van der Waals surface area contributed by atoms with Crippen molar-refractivity contribution in [2.75, 3.05) is 19.6 Å². The summed E-state index contributed by atoms with van der Waals surface area (Å²) in [7, 11) is 0. The van der Waals surface area contributed by atoms with Crippen molar-refractivity contribution in [3.05, 3.63) is 35.4 Å². The van der Waals surface area contributed by atoms with Crippen molar-refractivity contribution in [3.8, 4) is 0 Å². The number of nitrogens with one attached hydrogen (secondary N) is 1. The zero-order chi connectivity index (χ0) is 13.7. The molecule has 0 aromatic heterocycles. The first-order chi connectivity index (χ1) is 9.24. The van der Waals surface area contributed by atoms with Gasteiger partial charge in [-0.2, -0.15) is 0 Å². The van der Waals surface area contributed by atoms with Gasteiger partial charge in [-0.1, -0.05) is 38.1 Å². The Bertz CT molecular complexity index is 389. The summed E-state index contributed by atoms with van der Waals surface area (Å²) in [6.07, 6.45) is 3.66. The van der Waals surface area contributed by atoms with E-state index in [2.05, 4.69) is 55.3 Å². The van der Waals surface area contributed by atoms with Gasteiger partial charge in [-0.15, -0.1) is 0 Å². The summed E-state index contributed by atoms with van der Waals surface area (Å²) in [5.74, 6) is 0. The zero-order valence-corrected chi connectivity index (χ0v) is 12.7. The third-order valence-electron chi connectivity index (χ3n) is 4.51. The first-order valence-electron chi connectivity index (χ1n) is 7.76. The quantitative estimate of drug-likeness (QED) is 0.875. The maximum absolute atomic E-state index is 3.67. The Labute approximate surface area is 118 Å². The van der Waals surface area contributed by atoms with Crippen LogP contribution in [-0.4, -0.2) is 36.6 Å². The predicted molar refractivity (Wildman–Crippen MR) is 82.6 cm³/mol. The first-order valence-corrected chi connectivity index (χ1v) is 7.76. The summed E-state index contributed by atoms with van der Waals surface area (Å²) in [4.78, 5) is 2.69. The SMILES string of the molecule is CCC1CN(CCc2ccccc2C)C(CC)CN1. The van der Waals surface area contributed by atoms with Crippen molar-refractivity contribution in [1.82, 2.24) is 10.2 Å². The molecule has 2 atom stereocenters. The molecule has 1 aliphatic heterocycles. The summed E-state index contributed by atoms with van der Waals surface area (Å²) in [5, 5.41) is 3.67. The van der Waals surface area contributed by atoms with E-state index in [9.17, 15) is 0 Å². The molecule has 106 valence electrons. The van der Waals surface area contributed by atoms with Gasteiger partial charge in [-0.05, 0) is 37.3 Å². The van der Waals surface area contributed by atoms with Crippen LogP contribution in [-0.2, 0) is 6.42 Å². The van der Waals surface area contributed by atoms with Crippen molar-refractivity contribution < 1.29 is 0 Å². The minimum Gasteiger partial charge on any atom is -0.311 e. The zero-order valence-electron chi connectivity index (χ0n) is 12.7. The Hall–Kier alpha value is -0.860. The van der Waals surface area contributed by atoms with Crippen LogP contribution >= 0.6 is 0 Å². The van der Waals surface area contributed by atoms with Crippen molar-refractivity contribution in [2.24, 2.45) is 0 Å². The lowest BCUT2D eigenvalue weighted by Gasteiger charge is -2.40. The molecule has 2 rings (SSSR count). The molecule has 0 saturated carbocycles. The standard InChI is InChI=1S/C17H28N2/c1-4-16-13-19(17(5-2)12-18-16)11-10-15-9-7-6-8-14(15)3/h6-9,16-18H,4-5,10-13H2,1-3H3. The third-order valence-corrected chi connectivity index (χ3v) is 4.51. The number of hydrogen-bond acceptors (Lipinski definition) is 2. The molecular formula is C17H28N2. The summed E-state index contributed by atoms with van der Waals surface area (Å²) in [6, 6.07) is 10.2. The fraction of sp³-hybridized carbons (Fsp3) is 0.647. The molecule has 19 heavy (non-hydrogen) atoms. The number of benzene rings is 1. The highest BCUT2D eigenvalue weighted by Crippen LogP contribution is 2.14. The summed E-state index contributed by atoms with van der Waals surface area (Å²) < 4.78 is 0. The minimum atomic E-state index is 0.680. The van der Waals surface area contributed by atoms with Crippen LogP contribution in [0.1, 0.15) is 37.8 Å². The summed E-state index contributed by atoms with van der Waals surface area (Å²) >= 11 is 0. The molecule has 0 aliphatic carbocycles. The molecule has 0 amide bonds. The fourth-order valence-corrected chi connectivity index (χ4v) is 3.03. The Kier molecular flexibility index (Phi) is 5.41. The maximum Gasteiger partial charge on any atom is 0.0218 e. The highest BCUT2D eigenvalue weighted by Gasteiger charge is 2.25. The second-order valence-corrected chi connectivity index (χ2v) is 5.75. The monoisotopic (exact) mass is 260 g/mol. The van der Waals surface area contributed by atoms with E-state index in [-0.39, 0.29) is 0 Å². The molecule has 1 saturated heterocycles. The molecule has 1 heterocycles. The Morgan fingerprint density at radius 2 is 2.00 bits per heavy atom. The normalized spacial score (nSPS) is 24.6. The lowest BCUT2D eigenvalue weighted by Crippen LogP contribution is -2.56. The Morgan fingerprint density at radius 3 is 2.68 bits per heavy atom. The van der Waals surface area contributed by atoms with Crippen LogP contribution in [0.4, 0.5) is 0 Å². The molecule has 1 N–H and O–H groups in total. The Morgan fingerprint density at radius 1 is 1.21 bits per heavy atom. The molecular weight excluding hydrogens is 232 g/mol. The van der Waals surface area contributed by atoms with Gasteiger partial charge in [-0.3, -0.25) is 4.90 Å². The van der Waals surface area contributed by atoms with E-state index in [0.717, 1.165) is 6.54 Å². The van der Waals surface area contributed by atoms with Crippen molar-refractivity contribution in [3.63, 3.8) is 0 Å². The summed E-state index contributed by atoms with van der Waals surface area (Å²) in [6.45, 7) is 10.4. The average molecular weight is 260 g/mol. The van der Waals surface area contributed by atoms with Crippen LogP contribution < -0.4 is 5.32 Å². The smallest absolute Gasteiger partial charge is 0.0218 e. The van der Waals surface area contributed by atoms with Gasteiger partial charge < -0.3 is 5.32 Å². The molecule has 1 aromatic rings. The van der Waals surface area contributed by atoms with Crippen molar-refractivity contribution in [1.29, 1.82) is 0 Å². The van der Waals surface area contributed by atoms with Crippen LogP contribution in [0, 0.1) is 6.92 Å². The number of nitrogens with zero attached hydrogens (tertiary/aromatic N) is 1. The lowest BCUT2D eigenvalue weighted by molar-refractivity contribution is 0.126. The molecule has 1 fully saturated rings. The highest BCUT2D eigenvalue weighted by atomic mass is 15.2. The van der Waals surface area contributed by atoms with Crippen LogP contribution in [0.3, 0.4) is 0 Å². The van der Waals surface area contributed by atoms with Crippen LogP contribution in [0.5, 0.6) is 0 Å². The second kappa shape index (κ2) is 7.06.